The highest BCUT2D eigenvalue weighted by atomic mass is 35.5. The first kappa shape index (κ1) is 24.7. The first-order valence-corrected chi connectivity index (χ1v) is 12.8. The van der Waals surface area contributed by atoms with E-state index in [9.17, 15) is 23.2 Å². The van der Waals surface area contributed by atoms with Crippen molar-refractivity contribution in [3.8, 4) is 0 Å². The van der Waals surface area contributed by atoms with Gasteiger partial charge in [0.1, 0.15) is 0 Å². The number of rotatable bonds is 6. The largest absolute Gasteiger partial charge is 0.285 e. The van der Waals surface area contributed by atoms with Crippen LogP contribution in [0.5, 0.6) is 0 Å². The van der Waals surface area contributed by atoms with Crippen LogP contribution in [0.15, 0.2) is 65.8 Å². The number of amides is 2. The molecule has 0 unspecified atom stereocenters. The normalized spacial score (nSPS) is 13.8. The third-order valence-corrected chi connectivity index (χ3v) is 7.52. The van der Waals surface area contributed by atoms with Gasteiger partial charge in [-0.05, 0) is 47.7 Å². The van der Waals surface area contributed by atoms with Crippen LogP contribution in [-0.4, -0.2) is 36.9 Å². The Bertz CT molecular complexity index is 1430. The van der Waals surface area contributed by atoms with Crippen LogP contribution in [0.4, 0.5) is 5.69 Å². The van der Waals surface area contributed by atoms with E-state index in [1.807, 2.05) is 20.8 Å². The van der Waals surface area contributed by atoms with Crippen LogP contribution < -0.4 is 9.45 Å². The maximum Gasteiger partial charge on any atom is 0.263 e. The fourth-order valence-corrected chi connectivity index (χ4v) is 5.21. The molecule has 182 valence electrons. The molecular weight excluding hydrogens is 490 g/mol. The zero-order valence-electron chi connectivity index (χ0n) is 19.4. The predicted molar refractivity (Wildman–Crippen MR) is 130 cm³/mol. The first-order valence-electron chi connectivity index (χ1n) is 10.9. The lowest BCUT2D eigenvalue weighted by molar-refractivity contribution is -0.905. The molecular formula is C25H25ClN3O5S+. The monoisotopic (exact) mass is 514 g/mol. The van der Waals surface area contributed by atoms with E-state index in [0.717, 1.165) is 15.2 Å². The molecule has 2 N–H and O–H groups in total. The van der Waals surface area contributed by atoms with Gasteiger partial charge >= 0.3 is 0 Å². The van der Waals surface area contributed by atoms with Gasteiger partial charge in [-0.1, -0.05) is 44.5 Å². The Labute approximate surface area is 208 Å². The van der Waals surface area contributed by atoms with E-state index in [2.05, 4.69) is 4.72 Å². The molecule has 2 amide bonds. The molecule has 0 saturated heterocycles. The number of nitrogens with zero attached hydrogens (tertiary/aromatic N) is 2. The van der Waals surface area contributed by atoms with Crippen molar-refractivity contribution in [2.45, 2.75) is 37.5 Å². The van der Waals surface area contributed by atoms with Crippen molar-refractivity contribution in [1.29, 1.82) is 0 Å². The predicted octanol–water partition coefficient (Wildman–Crippen LogP) is 3.80. The van der Waals surface area contributed by atoms with Crippen molar-refractivity contribution >= 4 is 39.1 Å². The zero-order chi connectivity index (χ0) is 25.5. The van der Waals surface area contributed by atoms with E-state index in [0.29, 0.717) is 12.0 Å². The summed E-state index contributed by atoms with van der Waals surface area (Å²) >= 11 is 6.24. The number of benzene rings is 2. The molecule has 0 spiro atoms. The number of fused-ring (bicyclic) bond motifs is 1. The third kappa shape index (κ3) is 4.87. The molecule has 10 heteroatoms. The molecule has 0 radical (unpaired) electrons. The van der Waals surface area contributed by atoms with Gasteiger partial charge in [-0.3, -0.25) is 24.4 Å². The van der Waals surface area contributed by atoms with Gasteiger partial charge in [0.2, 0.25) is 12.4 Å². The number of hydrogen-bond acceptors (Lipinski definition) is 5. The molecule has 0 aliphatic carbocycles. The van der Waals surface area contributed by atoms with Gasteiger partial charge in [-0.25, -0.2) is 8.42 Å². The summed E-state index contributed by atoms with van der Waals surface area (Å²) in [5, 5.41) is 9.63. The minimum atomic E-state index is -4.03. The van der Waals surface area contributed by atoms with E-state index < -0.39 is 21.8 Å². The molecule has 1 aliphatic heterocycles. The SMILES string of the molecule is CC(C)(C)c1ccc(S(=O)(=O)Nc2ccc(Cl)c3c2C(=O)N(CCc2ccc[n+](O)c2)C3=O)cc1. The Balaban J connectivity index is 1.62. The number of halogens is 1. The van der Waals surface area contributed by atoms with Gasteiger partial charge in [0.15, 0.2) is 0 Å². The van der Waals surface area contributed by atoms with Crippen LogP contribution in [0.2, 0.25) is 5.02 Å². The second-order valence-corrected chi connectivity index (χ2v) is 11.4. The molecule has 1 aromatic heterocycles. The van der Waals surface area contributed by atoms with Crippen LogP contribution in [-0.2, 0) is 21.9 Å². The van der Waals surface area contributed by atoms with Crippen molar-refractivity contribution in [2.75, 3.05) is 11.3 Å². The summed E-state index contributed by atoms with van der Waals surface area (Å²) in [5.74, 6) is -1.24. The smallest absolute Gasteiger partial charge is 0.263 e. The van der Waals surface area contributed by atoms with Crippen molar-refractivity contribution in [2.24, 2.45) is 0 Å². The summed E-state index contributed by atoms with van der Waals surface area (Å²) in [7, 11) is -4.03. The summed E-state index contributed by atoms with van der Waals surface area (Å²) < 4.78 is 29.5. The summed E-state index contributed by atoms with van der Waals surface area (Å²) in [6.45, 7) is 6.12. The van der Waals surface area contributed by atoms with Crippen LogP contribution >= 0.6 is 11.6 Å². The number of aromatic nitrogens is 1. The Morgan fingerprint density at radius 1 is 1.00 bits per heavy atom. The van der Waals surface area contributed by atoms with Crippen molar-refractivity contribution in [1.82, 2.24) is 4.90 Å². The topological polar surface area (TPSA) is 108 Å². The highest BCUT2D eigenvalue weighted by Gasteiger charge is 2.40. The first-order chi connectivity index (χ1) is 16.4. The molecule has 0 bridgehead atoms. The molecule has 35 heavy (non-hydrogen) atoms. The number of pyridine rings is 1. The molecule has 4 rings (SSSR count). The number of sulfonamides is 1. The van der Waals surface area contributed by atoms with Gasteiger partial charge in [0.25, 0.3) is 21.8 Å². The van der Waals surface area contributed by atoms with Crippen molar-refractivity contribution in [3.05, 3.63) is 88.2 Å². The second-order valence-electron chi connectivity index (χ2n) is 9.33. The van der Waals surface area contributed by atoms with Gasteiger partial charge in [-0.2, -0.15) is 0 Å². The average molecular weight is 515 g/mol. The van der Waals surface area contributed by atoms with Crippen LogP contribution in [0.25, 0.3) is 0 Å². The number of carbonyl (C=O) groups excluding carboxylic acids is 2. The Hall–Kier alpha value is -3.43. The summed E-state index contributed by atoms with van der Waals surface area (Å²) in [5.41, 5.74) is 1.41. The summed E-state index contributed by atoms with van der Waals surface area (Å²) in [4.78, 5) is 27.3. The summed E-state index contributed by atoms with van der Waals surface area (Å²) in [6.07, 6.45) is 3.21. The number of carbonyl (C=O) groups is 2. The fourth-order valence-electron chi connectivity index (χ4n) is 3.90. The molecule has 2 heterocycles. The molecule has 3 aromatic rings. The maximum atomic E-state index is 13.2. The minimum Gasteiger partial charge on any atom is -0.285 e. The number of anilines is 1. The highest BCUT2D eigenvalue weighted by molar-refractivity contribution is 7.92. The number of nitrogens with one attached hydrogen (secondary N) is 1. The fraction of sp³-hybridized carbons (Fsp3) is 0.240. The van der Waals surface area contributed by atoms with Crippen molar-refractivity contribution < 1.29 is 27.9 Å². The average Bonchev–Trinajstić information content (AvgIpc) is 3.04. The van der Waals surface area contributed by atoms with Gasteiger partial charge in [-0.15, -0.1) is 0 Å². The number of imide groups is 1. The third-order valence-electron chi connectivity index (χ3n) is 5.82. The van der Waals surface area contributed by atoms with Crippen LogP contribution in [0, 0.1) is 0 Å². The molecule has 0 fully saturated rings. The summed E-state index contributed by atoms with van der Waals surface area (Å²) in [6, 6.07) is 12.7. The standard InChI is InChI=1S/C25H24ClN3O5S/c1-25(2,3)17-6-8-18(9-7-17)35(33,34)27-20-11-10-19(26)21-22(20)24(31)29(23(21)30)14-12-16-5-4-13-28(32)15-16/h4-11,13,15H,12,14H2,1-3H3,(H-,27,31,32)/p+1. The van der Waals surface area contributed by atoms with Crippen molar-refractivity contribution in [3.63, 3.8) is 0 Å². The lowest BCUT2D eigenvalue weighted by Crippen LogP contribution is -2.33. The van der Waals surface area contributed by atoms with Gasteiger partial charge in [0.05, 0.1) is 26.7 Å². The van der Waals surface area contributed by atoms with Crippen LogP contribution in [0.1, 0.15) is 52.6 Å². The zero-order valence-corrected chi connectivity index (χ0v) is 21.0. The molecule has 8 nitrogen and oxygen atoms in total. The number of hydrogen-bond donors (Lipinski definition) is 2. The Morgan fingerprint density at radius 2 is 1.66 bits per heavy atom. The second kappa shape index (κ2) is 8.98. The Morgan fingerprint density at radius 3 is 2.29 bits per heavy atom. The molecule has 2 aromatic carbocycles. The lowest BCUT2D eigenvalue weighted by atomic mass is 9.87. The van der Waals surface area contributed by atoms with E-state index in [-0.39, 0.29) is 38.7 Å². The minimum absolute atomic E-state index is 0.0157. The van der Waals surface area contributed by atoms with E-state index in [1.54, 1.807) is 24.3 Å². The van der Waals surface area contributed by atoms with Gasteiger partial charge in [0, 0.05) is 22.9 Å². The van der Waals surface area contributed by atoms with Gasteiger partial charge < -0.3 is 0 Å². The quantitative estimate of drug-likeness (QED) is 0.295. The highest BCUT2D eigenvalue weighted by Crippen LogP contribution is 2.36. The van der Waals surface area contributed by atoms with E-state index in [1.165, 1.54) is 36.7 Å². The molecule has 0 atom stereocenters. The van der Waals surface area contributed by atoms with E-state index in [4.69, 9.17) is 11.6 Å². The molecule has 0 saturated carbocycles. The lowest BCUT2D eigenvalue weighted by Gasteiger charge is -2.19. The van der Waals surface area contributed by atoms with E-state index >= 15 is 0 Å². The Kier molecular flexibility index (Phi) is 6.33. The molecule has 1 aliphatic rings. The van der Waals surface area contributed by atoms with Crippen LogP contribution in [0.3, 0.4) is 0 Å². The maximum absolute atomic E-state index is 13.2.